The Morgan fingerprint density at radius 3 is 2.79 bits per heavy atom. The van der Waals surface area contributed by atoms with E-state index in [0.717, 1.165) is 14.6 Å². The number of aromatic nitrogens is 2. The van der Waals surface area contributed by atoms with Crippen molar-refractivity contribution in [2.75, 3.05) is 5.73 Å². The van der Waals surface area contributed by atoms with Gasteiger partial charge in [-0.2, -0.15) is 0 Å². The fraction of sp³-hybridized carbons (Fsp3) is 0. The maximum absolute atomic E-state index is 13.4. The van der Waals surface area contributed by atoms with Crippen molar-refractivity contribution in [3.8, 4) is 5.69 Å². The minimum atomic E-state index is -0.369. The second-order valence-corrected chi connectivity index (χ2v) is 5.69. The molecule has 0 bridgehead atoms. The Hall–Kier alpha value is -1.34. The van der Waals surface area contributed by atoms with Crippen LogP contribution in [0.3, 0.4) is 0 Å². The predicted octanol–water partition coefficient (Wildman–Crippen LogP) is 4.00. The summed E-state index contributed by atoms with van der Waals surface area (Å²) in [5.74, 6) is -0.0874. The molecule has 0 aliphatic rings. The largest absolute Gasteiger partial charge is 0.369 e. The number of anilines is 1. The molecule has 1 heterocycles. The van der Waals surface area contributed by atoms with Crippen molar-refractivity contribution >= 4 is 51.2 Å². The van der Waals surface area contributed by atoms with Crippen LogP contribution in [0.25, 0.3) is 16.7 Å². The van der Waals surface area contributed by atoms with E-state index < -0.39 is 0 Å². The highest BCUT2D eigenvalue weighted by Gasteiger charge is 2.13. The topological polar surface area (TPSA) is 43.8 Å². The number of halogens is 3. The van der Waals surface area contributed by atoms with Gasteiger partial charge in [-0.25, -0.2) is 9.37 Å². The highest BCUT2D eigenvalue weighted by molar-refractivity contribution is 14.1. The molecule has 3 rings (SSSR count). The molecule has 2 aromatic carbocycles. The number of benzene rings is 2. The quantitative estimate of drug-likeness (QED) is 0.641. The first-order chi connectivity index (χ1) is 9.06. The van der Waals surface area contributed by atoms with Crippen molar-refractivity contribution in [3.05, 3.63) is 50.8 Å². The van der Waals surface area contributed by atoms with Gasteiger partial charge in [-0.05, 0) is 59.0 Å². The van der Waals surface area contributed by atoms with Crippen LogP contribution in [0.4, 0.5) is 10.3 Å². The molecule has 19 heavy (non-hydrogen) atoms. The van der Waals surface area contributed by atoms with Gasteiger partial charge in [-0.15, -0.1) is 0 Å². The van der Waals surface area contributed by atoms with Gasteiger partial charge in [0.2, 0.25) is 5.95 Å². The van der Waals surface area contributed by atoms with Crippen molar-refractivity contribution < 1.29 is 4.39 Å². The van der Waals surface area contributed by atoms with Crippen LogP contribution in [0.15, 0.2) is 36.4 Å². The van der Waals surface area contributed by atoms with Crippen LogP contribution in [-0.4, -0.2) is 9.55 Å². The van der Waals surface area contributed by atoms with Gasteiger partial charge in [-0.3, -0.25) is 4.57 Å². The Morgan fingerprint density at radius 1 is 1.21 bits per heavy atom. The predicted molar refractivity (Wildman–Crippen MR) is 83.2 cm³/mol. The van der Waals surface area contributed by atoms with E-state index in [1.54, 1.807) is 4.57 Å². The third kappa shape index (κ3) is 2.17. The monoisotopic (exact) mass is 387 g/mol. The normalized spacial score (nSPS) is 11.1. The first kappa shape index (κ1) is 12.7. The van der Waals surface area contributed by atoms with Crippen LogP contribution in [-0.2, 0) is 0 Å². The van der Waals surface area contributed by atoms with Crippen molar-refractivity contribution in [2.24, 2.45) is 0 Å². The molecule has 2 N–H and O–H groups in total. The van der Waals surface area contributed by atoms with E-state index in [1.807, 2.05) is 18.2 Å². The van der Waals surface area contributed by atoms with Gasteiger partial charge in [0, 0.05) is 3.57 Å². The summed E-state index contributed by atoms with van der Waals surface area (Å²) in [6.07, 6.45) is 0. The summed E-state index contributed by atoms with van der Waals surface area (Å²) in [6.45, 7) is 0. The molecule has 0 amide bonds. The number of hydrogen-bond acceptors (Lipinski definition) is 2. The second kappa shape index (κ2) is 4.64. The highest BCUT2D eigenvalue weighted by atomic mass is 127. The molecule has 0 spiro atoms. The molecule has 0 unspecified atom stereocenters. The maximum Gasteiger partial charge on any atom is 0.205 e. The smallest absolute Gasteiger partial charge is 0.205 e. The van der Waals surface area contributed by atoms with Gasteiger partial charge >= 0.3 is 0 Å². The molecular weight excluding hydrogens is 380 g/mol. The van der Waals surface area contributed by atoms with Crippen molar-refractivity contribution in [3.63, 3.8) is 0 Å². The molecule has 0 saturated carbocycles. The molecule has 0 radical (unpaired) electrons. The van der Waals surface area contributed by atoms with E-state index in [4.69, 9.17) is 17.3 Å². The molecule has 0 fully saturated rings. The Labute approximate surface area is 127 Å². The first-order valence-electron chi connectivity index (χ1n) is 5.45. The molecule has 0 atom stereocenters. The van der Waals surface area contributed by atoms with Crippen molar-refractivity contribution in [2.45, 2.75) is 0 Å². The number of fused-ring (bicyclic) bond motifs is 1. The lowest BCUT2D eigenvalue weighted by atomic mass is 10.2. The van der Waals surface area contributed by atoms with Gasteiger partial charge in [0.05, 0.1) is 21.7 Å². The minimum Gasteiger partial charge on any atom is -0.369 e. The Balaban J connectivity index is 2.36. The van der Waals surface area contributed by atoms with Crippen molar-refractivity contribution in [1.29, 1.82) is 0 Å². The fourth-order valence-corrected chi connectivity index (χ4v) is 2.66. The molecule has 0 aliphatic heterocycles. The average molecular weight is 388 g/mol. The Bertz CT molecular complexity index is 785. The standard InChI is InChI=1S/C13H8ClFIN3/c14-9-3-1-7(15)5-12(9)19-11-4-2-8(16)6-10(11)18-13(19)17/h1-6H,(H2,17,18). The van der Waals surface area contributed by atoms with E-state index in [-0.39, 0.29) is 11.8 Å². The molecular formula is C13H8ClFIN3. The lowest BCUT2D eigenvalue weighted by molar-refractivity contribution is 0.627. The zero-order chi connectivity index (χ0) is 13.6. The maximum atomic E-state index is 13.4. The third-order valence-corrected chi connectivity index (χ3v) is 3.78. The summed E-state index contributed by atoms with van der Waals surface area (Å²) in [4.78, 5) is 4.28. The molecule has 96 valence electrons. The fourth-order valence-electron chi connectivity index (χ4n) is 1.98. The molecule has 0 saturated heterocycles. The third-order valence-electron chi connectivity index (χ3n) is 2.79. The molecule has 6 heteroatoms. The number of hydrogen-bond donors (Lipinski definition) is 1. The van der Waals surface area contributed by atoms with E-state index >= 15 is 0 Å². The zero-order valence-electron chi connectivity index (χ0n) is 9.57. The number of rotatable bonds is 1. The lowest BCUT2D eigenvalue weighted by Gasteiger charge is -2.08. The summed E-state index contributed by atoms with van der Waals surface area (Å²) in [6, 6.07) is 9.90. The highest BCUT2D eigenvalue weighted by Crippen LogP contribution is 2.29. The van der Waals surface area contributed by atoms with Crippen molar-refractivity contribution in [1.82, 2.24) is 9.55 Å². The number of nitrogens with two attached hydrogens (primary N) is 1. The molecule has 3 nitrogen and oxygen atoms in total. The van der Waals surface area contributed by atoms with Crippen LogP contribution in [0.1, 0.15) is 0 Å². The number of nitrogens with zero attached hydrogens (tertiary/aromatic N) is 2. The lowest BCUT2D eigenvalue weighted by Crippen LogP contribution is -2.01. The molecule has 0 aliphatic carbocycles. The molecule has 3 aromatic rings. The van der Waals surface area contributed by atoms with E-state index in [9.17, 15) is 4.39 Å². The molecule has 1 aromatic heterocycles. The van der Waals surface area contributed by atoms with Crippen LogP contribution in [0.5, 0.6) is 0 Å². The average Bonchev–Trinajstić information content (AvgIpc) is 2.67. The summed E-state index contributed by atoms with van der Waals surface area (Å²) in [5, 5.41) is 0.422. The van der Waals surface area contributed by atoms with Crippen LogP contribution >= 0.6 is 34.2 Å². The van der Waals surface area contributed by atoms with Gasteiger partial charge < -0.3 is 5.73 Å². The Kier molecular flexibility index (Phi) is 3.10. The van der Waals surface area contributed by atoms with Gasteiger partial charge in [-0.1, -0.05) is 11.6 Å². The number of nitrogen functional groups attached to an aromatic ring is 1. The first-order valence-corrected chi connectivity index (χ1v) is 6.91. The van der Waals surface area contributed by atoms with Gasteiger partial charge in [0.15, 0.2) is 0 Å². The second-order valence-electron chi connectivity index (χ2n) is 4.03. The zero-order valence-corrected chi connectivity index (χ0v) is 12.5. The summed E-state index contributed by atoms with van der Waals surface area (Å²) in [5.41, 5.74) is 7.96. The van der Waals surface area contributed by atoms with Crippen LogP contribution in [0.2, 0.25) is 5.02 Å². The van der Waals surface area contributed by atoms with Crippen LogP contribution in [0, 0.1) is 9.39 Å². The summed E-state index contributed by atoms with van der Waals surface area (Å²) < 4.78 is 16.1. The van der Waals surface area contributed by atoms with Gasteiger partial charge in [0.1, 0.15) is 5.82 Å². The van der Waals surface area contributed by atoms with Crippen LogP contribution < -0.4 is 5.73 Å². The van der Waals surface area contributed by atoms with E-state index in [1.165, 1.54) is 18.2 Å². The SMILES string of the molecule is Nc1nc2cc(I)ccc2n1-c1cc(F)ccc1Cl. The number of imidazole rings is 1. The van der Waals surface area contributed by atoms with E-state index in [0.29, 0.717) is 10.7 Å². The summed E-state index contributed by atoms with van der Waals surface area (Å²) >= 11 is 8.32. The van der Waals surface area contributed by atoms with E-state index in [2.05, 4.69) is 27.6 Å². The van der Waals surface area contributed by atoms with Gasteiger partial charge in [0.25, 0.3) is 0 Å². The summed E-state index contributed by atoms with van der Waals surface area (Å²) in [7, 11) is 0. The minimum absolute atomic E-state index is 0.282. The Morgan fingerprint density at radius 2 is 2.00 bits per heavy atom.